The summed E-state index contributed by atoms with van der Waals surface area (Å²) in [6.07, 6.45) is 0. The summed E-state index contributed by atoms with van der Waals surface area (Å²) in [7, 11) is 0. The summed E-state index contributed by atoms with van der Waals surface area (Å²) in [4.78, 5) is 0. The van der Waals surface area contributed by atoms with E-state index in [1.807, 2.05) is 10.7 Å². The Morgan fingerprint density at radius 2 is 1.95 bits per heavy atom. The molecule has 3 aromatic rings. The van der Waals surface area contributed by atoms with Crippen molar-refractivity contribution < 1.29 is 0 Å². The predicted molar refractivity (Wildman–Crippen MR) is 99.3 cm³/mol. The van der Waals surface area contributed by atoms with E-state index < -0.39 is 0 Å². The van der Waals surface area contributed by atoms with E-state index in [1.165, 1.54) is 7.78 Å². The van der Waals surface area contributed by atoms with Crippen molar-refractivity contribution in [3.8, 4) is 15.8 Å². The SMILES string of the molecule is NCc1nn(-c2ccc(Cl)cc2Cl)c(-c2ccc(Br)[se]2)c1Br. The Labute approximate surface area is 160 Å². The van der Waals surface area contributed by atoms with Crippen molar-refractivity contribution in [3.05, 3.63) is 53.9 Å². The van der Waals surface area contributed by atoms with Crippen molar-refractivity contribution in [3.63, 3.8) is 0 Å². The number of halogens is 4. The maximum atomic E-state index is 6.35. The molecule has 0 fully saturated rings. The van der Waals surface area contributed by atoms with Crippen LogP contribution in [0.1, 0.15) is 5.69 Å². The van der Waals surface area contributed by atoms with Gasteiger partial charge in [-0.2, -0.15) is 0 Å². The molecule has 0 aliphatic heterocycles. The van der Waals surface area contributed by atoms with Gasteiger partial charge >= 0.3 is 161 Å². The Morgan fingerprint density at radius 3 is 2.55 bits per heavy atom. The van der Waals surface area contributed by atoms with Crippen LogP contribution in [0.15, 0.2) is 38.2 Å². The van der Waals surface area contributed by atoms with Gasteiger partial charge < -0.3 is 0 Å². The molecule has 0 amide bonds. The maximum absolute atomic E-state index is 6.35. The summed E-state index contributed by atoms with van der Waals surface area (Å²) in [5, 5.41) is 5.75. The van der Waals surface area contributed by atoms with Gasteiger partial charge in [0.1, 0.15) is 0 Å². The second kappa shape index (κ2) is 6.81. The fourth-order valence-corrected chi connectivity index (χ4v) is 6.11. The molecule has 1 aromatic carbocycles. The average molecular weight is 529 g/mol. The van der Waals surface area contributed by atoms with Gasteiger partial charge in [-0.15, -0.1) is 0 Å². The van der Waals surface area contributed by atoms with Crippen LogP contribution in [-0.4, -0.2) is 24.3 Å². The Kier molecular flexibility index (Phi) is 5.20. The van der Waals surface area contributed by atoms with Gasteiger partial charge in [-0.25, -0.2) is 0 Å². The topological polar surface area (TPSA) is 43.8 Å². The number of hydrogen-bond acceptors (Lipinski definition) is 2. The number of nitrogens with zero attached hydrogens (tertiary/aromatic N) is 2. The first-order chi connectivity index (χ1) is 10.5. The molecule has 0 atom stereocenters. The van der Waals surface area contributed by atoms with Gasteiger partial charge in [0.2, 0.25) is 0 Å². The van der Waals surface area contributed by atoms with Crippen LogP contribution in [-0.2, 0) is 6.54 Å². The van der Waals surface area contributed by atoms with Gasteiger partial charge in [0.25, 0.3) is 0 Å². The van der Waals surface area contributed by atoms with Crippen molar-refractivity contribution in [2.75, 3.05) is 0 Å². The molecule has 8 heteroatoms. The van der Waals surface area contributed by atoms with E-state index in [9.17, 15) is 0 Å². The third kappa shape index (κ3) is 3.11. The van der Waals surface area contributed by atoms with Crippen molar-refractivity contribution >= 4 is 69.6 Å². The van der Waals surface area contributed by atoms with Gasteiger partial charge in [-0.05, 0) is 0 Å². The molecular weight excluding hydrogens is 520 g/mol. The van der Waals surface area contributed by atoms with E-state index in [0.717, 1.165) is 21.5 Å². The van der Waals surface area contributed by atoms with Gasteiger partial charge in [0.15, 0.2) is 0 Å². The zero-order valence-corrected chi connectivity index (χ0v) is 17.4. The van der Waals surface area contributed by atoms with Crippen molar-refractivity contribution in [1.82, 2.24) is 9.78 Å². The van der Waals surface area contributed by atoms with Gasteiger partial charge in [0, 0.05) is 0 Å². The number of hydrogen-bond donors (Lipinski definition) is 1. The molecule has 0 saturated heterocycles. The fourth-order valence-electron chi connectivity index (χ4n) is 2.06. The molecular formula is C14H9Br2Cl2N3Se. The average Bonchev–Trinajstić information content (AvgIpc) is 3.02. The van der Waals surface area contributed by atoms with Gasteiger partial charge in [-0.1, -0.05) is 0 Å². The van der Waals surface area contributed by atoms with Crippen LogP contribution in [0.4, 0.5) is 0 Å². The normalized spacial score (nSPS) is 11.1. The summed E-state index contributed by atoms with van der Waals surface area (Å²) in [5.41, 5.74) is 8.36. The second-order valence-electron chi connectivity index (χ2n) is 4.42. The Morgan fingerprint density at radius 1 is 1.18 bits per heavy atom. The number of benzene rings is 1. The molecule has 114 valence electrons. The Hall–Kier alpha value is -0.0705. The van der Waals surface area contributed by atoms with Gasteiger partial charge in [-0.3, -0.25) is 0 Å². The van der Waals surface area contributed by atoms with E-state index >= 15 is 0 Å². The number of nitrogens with two attached hydrogens (primary N) is 1. The van der Waals surface area contributed by atoms with E-state index in [0.29, 0.717) is 16.6 Å². The standard InChI is InChI=1S/C14H9Br2Cl2N3Se/c15-12-4-3-11(22-12)14-13(16)9(6-19)20-21(14)10-2-1-7(17)5-8(10)18/h1-5H,6,19H2. The van der Waals surface area contributed by atoms with Crippen molar-refractivity contribution in [2.24, 2.45) is 5.73 Å². The molecule has 0 bridgehead atoms. The minimum atomic E-state index is 0.199. The fraction of sp³-hybridized carbons (Fsp3) is 0.0714. The number of aromatic nitrogens is 2. The molecule has 0 spiro atoms. The summed E-state index contributed by atoms with van der Waals surface area (Å²) in [6.45, 7) is 0.348. The summed E-state index contributed by atoms with van der Waals surface area (Å²) in [5.74, 6) is 0. The molecule has 0 unspecified atom stereocenters. The van der Waals surface area contributed by atoms with E-state index in [-0.39, 0.29) is 14.5 Å². The molecule has 2 aromatic heterocycles. The first kappa shape index (κ1) is 16.8. The Balaban J connectivity index is 2.27. The molecule has 2 N–H and O–H groups in total. The summed E-state index contributed by atoms with van der Waals surface area (Å²) >= 11 is 19.7. The van der Waals surface area contributed by atoms with Crippen LogP contribution in [0.25, 0.3) is 15.8 Å². The first-order valence-corrected chi connectivity index (χ1v) is 10.3. The zero-order valence-electron chi connectivity index (χ0n) is 11.0. The monoisotopic (exact) mass is 527 g/mol. The zero-order chi connectivity index (χ0) is 15.9. The molecule has 0 aliphatic carbocycles. The molecule has 0 radical (unpaired) electrons. The molecule has 0 saturated carbocycles. The summed E-state index contributed by atoms with van der Waals surface area (Å²) < 4.78 is 5.12. The minimum absolute atomic E-state index is 0.199. The van der Waals surface area contributed by atoms with Crippen LogP contribution in [0.5, 0.6) is 0 Å². The van der Waals surface area contributed by atoms with Crippen LogP contribution in [0.2, 0.25) is 10.0 Å². The molecule has 3 nitrogen and oxygen atoms in total. The van der Waals surface area contributed by atoms with E-state index in [1.54, 1.807) is 12.1 Å². The van der Waals surface area contributed by atoms with Crippen molar-refractivity contribution in [2.45, 2.75) is 6.54 Å². The van der Waals surface area contributed by atoms with E-state index in [4.69, 9.17) is 28.9 Å². The molecule has 0 aliphatic rings. The van der Waals surface area contributed by atoms with Crippen LogP contribution >= 0.6 is 55.1 Å². The molecule has 3 rings (SSSR count). The Bertz CT molecular complexity index is 845. The quantitative estimate of drug-likeness (QED) is 0.492. The van der Waals surface area contributed by atoms with Crippen LogP contribution < -0.4 is 5.73 Å². The van der Waals surface area contributed by atoms with Crippen LogP contribution in [0.3, 0.4) is 0 Å². The second-order valence-corrected chi connectivity index (χ2v) is 10.4. The third-order valence-corrected chi connectivity index (χ3v) is 7.36. The summed E-state index contributed by atoms with van der Waals surface area (Å²) in [6, 6.07) is 9.52. The third-order valence-electron chi connectivity index (χ3n) is 3.03. The van der Waals surface area contributed by atoms with Crippen molar-refractivity contribution in [1.29, 1.82) is 0 Å². The first-order valence-electron chi connectivity index (χ1n) is 6.20. The van der Waals surface area contributed by atoms with Gasteiger partial charge in [0.05, 0.1) is 0 Å². The molecule has 22 heavy (non-hydrogen) atoms. The molecule has 2 heterocycles. The number of rotatable bonds is 3. The van der Waals surface area contributed by atoms with E-state index in [2.05, 4.69) is 49.1 Å². The van der Waals surface area contributed by atoms with Crippen LogP contribution in [0, 0.1) is 0 Å². The predicted octanol–water partition coefficient (Wildman–Crippen LogP) is 4.89.